The molecular weight excluding hydrogens is 358 g/mol. The lowest BCUT2D eigenvalue weighted by molar-refractivity contribution is -0.115. The first-order chi connectivity index (χ1) is 10.1. The maximum atomic E-state index is 11.8. The van der Waals surface area contributed by atoms with Gasteiger partial charge in [-0.25, -0.2) is 4.98 Å². The normalized spacial score (nSPS) is 10.0. The smallest absolute Gasteiger partial charge is 0.261 e. The Labute approximate surface area is 133 Å². The minimum absolute atomic E-state index is 0.133. The van der Waals surface area contributed by atoms with E-state index in [9.17, 15) is 9.59 Å². The third-order valence-electron chi connectivity index (χ3n) is 2.45. The van der Waals surface area contributed by atoms with Crippen LogP contribution in [0.15, 0.2) is 34.2 Å². The lowest BCUT2D eigenvalue weighted by Gasteiger charge is -2.09. The van der Waals surface area contributed by atoms with Gasteiger partial charge >= 0.3 is 0 Å². The molecule has 0 bridgehead atoms. The van der Waals surface area contributed by atoms with Crippen LogP contribution in [-0.4, -0.2) is 30.5 Å². The van der Waals surface area contributed by atoms with Gasteiger partial charge in [0.05, 0.1) is 22.3 Å². The van der Waals surface area contributed by atoms with Gasteiger partial charge in [-0.05, 0) is 40.2 Å². The van der Waals surface area contributed by atoms with Crippen LogP contribution in [0.25, 0.3) is 0 Å². The zero-order chi connectivity index (χ0) is 15.2. The second kappa shape index (κ2) is 7.19. The number of methoxy groups -OCH3 is 1. The summed E-state index contributed by atoms with van der Waals surface area (Å²) in [5.41, 5.74) is 0.457. The van der Waals surface area contributed by atoms with Crippen molar-refractivity contribution in [2.24, 2.45) is 0 Å². The second-order valence-electron chi connectivity index (χ2n) is 3.89. The SMILES string of the molecule is COc1ncccc1NC(=O)CNC(=O)c1ccc(Br)s1. The number of hydrogen-bond acceptors (Lipinski definition) is 5. The molecule has 2 rings (SSSR count). The van der Waals surface area contributed by atoms with Gasteiger partial charge < -0.3 is 15.4 Å². The standard InChI is InChI=1S/C13H12BrN3O3S/c1-20-13-8(3-2-6-15-13)17-11(18)7-16-12(19)9-4-5-10(14)21-9/h2-6H,7H2,1H3,(H,16,19)(H,17,18). The van der Waals surface area contributed by atoms with Gasteiger partial charge in [0.1, 0.15) is 5.69 Å². The van der Waals surface area contributed by atoms with Gasteiger partial charge in [0.25, 0.3) is 5.91 Å². The highest BCUT2D eigenvalue weighted by Gasteiger charge is 2.12. The summed E-state index contributed by atoms with van der Waals surface area (Å²) in [5.74, 6) is -0.330. The summed E-state index contributed by atoms with van der Waals surface area (Å²) < 4.78 is 5.89. The molecule has 0 spiro atoms. The second-order valence-corrected chi connectivity index (χ2v) is 6.36. The number of ether oxygens (including phenoxy) is 1. The van der Waals surface area contributed by atoms with E-state index in [1.165, 1.54) is 18.4 Å². The Morgan fingerprint density at radius 2 is 2.19 bits per heavy atom. The van der Waals surface area contributed by atoms with Crippen molar-refractivity contribution in [1.82, 2.24) is 10.3 Å². The van der Waals surface area contributed by atoms with E-state index < -0.39 is 0 Å². The van der Waals surface area contributed by atoms with Gasteiger partial charge in [-0.1, -0.05) is 0 Å². The van der Waals surface area contributed by atoms with Gasteiger partial charge in [0, 0.05) is 6.20 Å². The van der Waals surface area contributed by atoms with Crippen molar-refractivity contribution in [1.29, 1.82) is 0 Å². The minimum atomic E-state index is -0.356. The Morgan fingerprint density at radius 3 is 2.86 bits per heavy atom. The van der Waals surface area contributed by atoms with E-state index in [-0.39, 0.29) is 18.4 Å². The monoisotopic (exact) mass is 369 g/mol. The Morgan fingerprint density at radius 1 is 1.38 bits per heavy atom. The van der Waals surface area contributed by atoms with E-state index in [0.717, 1.165) is 3.79 Å². The fraction of sp³-hybridized carbons (Fsp3) is 0.154. The molecule has 0 aliphatic rings. The predicted octanol–water partition coefficient (Wildman–Crippen LogP) is 2.28. The number of carbonyl (C=O) groups excluding carboxylic acids is 2. The summed E-state index contributed by atoms with van der Waals surface area (Å²) in [7, 11) is 1.47. The number of halogens is 1. The van der Waals surface area contributed by atoms with Crippen molar-refractivity contribution >= 4 is 44.8 Å². The molecule has 8 heteroatoms. The summed E-state index contributed by atoms with van der Waals surface area (Å²) in [6.45, 7) is -0.133. The van der Waals surface area contributed by atoms with Crippen LogP contribution < -0.4 is 15.4 Å². The highest BCUT2D eigenvalue weighted by molar-refractivity contribution is 9.11. The molecule has 0 unspecified atom stereocenters. The summed E-state index contributed by atoms with van der Waals surface area (Å²) in [6.07, 6.45) is 1.56. The van der Waals surface area contributed by atoms with Crippen molar-refractivity contribution in [2.75, 3.05) is 19.0 Å². The van der Waals surface area contributed by atoms with E-state index in [4.69, 9.17) is 4.74 Å². The summed E-state index contributed by atoms with van der Waals surface area (Å²) >= 11 is 4.58. The number of amides is 2. The number of anilines is 1. The highest BCUT2D eigenvalue weighted by atomic mass is 79.9. The fourth-order valence-electron chi connectivity index (χ4n) is 1.53. The van der Waals surface area contributed by atoms with Crippen LogP contribution in [0.2, 0.25) is 0 Å². The molecule has 6 nitrogen and oxygen atoms in total. The van der Waals surface area contributed by atoms with Crippen molar-refractivity contribution in [3.63, 3.8) is 0 Å². The van der Waals surface area contributed by atoms with Gasteiger partial charge in [-0.15, -0.1) is 11.3 Å². The average molecular weight is 370 g/mol. The van der Waals surface area contributed by atoms with E-state index >= 15 is 0 Å². The van der Waals surface area contributed by atoms with Gasteiger partial charge in [0.15, 0.2) is 0 Å². The molecule has 0 aliphatic carbocycles. The molecule has 0 aromatic carbocycles. The molecule has 0 aliphatic heterocycles. The Kier molecular flexibility index (Phi) is 5.29. The van der Waals surface area contributed by atoms with Gasteiger partial charge in [0.2, 0.25) is 11.8 Å². The zero-order valence-electron chi connectivity index (χ0n) is 11.1. The zero-order valence-corrected chi connectivity index (χ0v) is 13.5. The van der Waals surface area contributed by atoms with E-state index in [1.807, 2.05) is 0 Å². The lowest BCUT2D eigenvalue weighted by atomic mass is 10.4. The lowest BCUT2D eigenvalue weighted by Crippen LogP contribution is -2.32. The highest BCUT2D eigenvalue weighted by Crippen LogP contribution is 2.22. The molecule has 2 N–H and O–H groups in total. The quantitative estimate of drug-likeness (QED) is 0.846. The maximum Gasteiger partial charge on any atom is 0.261 e. The molecule has 2 amide bonds. The van der Waals surface area contributed by atoms with Crippen molar-refractivity contribution in [3.05, 3.63) is 39.1 Å². The van der Waals surface area contributed by atoms with Crippen LogP contribution in [0, 0.1) is 0 Å². The summed E-state index contributed by atoms with van der Waals surface area (Å²) in [5, 5.41) is 5.17. The Bertz CT molecular complexity index is 660. The number of rotatable bonds is 5. The predicted molar refractivity (Wildman–Crippen MR) is 83.8 cm³/mol. The molecule has 21 heavy (non-hydrogen) atoms. The number of carbonyl (C=O) groups is 2. The molecule has 2 heterocycles. The molecule has 110 valence electrons. The van der Waals surface area contributed by atoms with E-state index in [0.29, 0.717) is 16.4 Å². The molecule has 0 atom stereocenters. The Hall–Kier alpha value is -1.93. The number of thiophene rings is 1. The number of nitrogens with one attached hydrogen (secondary N) is 2. The summed E-state index contributed by atoms with van der Waals surface area (Å²) in [6, 6.07) is 6.81. The fourth-order valence-corrected chi connectivity index (χ4v) is 2.83. The van der Waals surface area contributed by atoms with E-state index in [2.05, 4.69) is 31.5 Å². The van der Waals surface area contributed by atoms with Crippen molar-refractivity contribution in [3.8, 4) is 5.88 Å². The molecule has 0 fully saturated rings. The first-order valence-electron chi connectivity index (χ1n) is 5.92. The molecule has 0 saturated carbocycles. The third-order valence-corrected chi connectivity index (χ3v) is 4.07. The first-order valence-corrected chi connectivity index (χ1v) is 7.53. The van der Waals surface area contributed by atoms with Crippen LogP contribution >= 0.6 is 27.3 Å². The van der Waals surface area contributed by atoms with Crippen LogP contribution in [-0.2, 0) is 4.79 Å². The molecule has 0 saturated heterocycles. The number of pyridine rings is 1. The van der Waals surface area contributed by atoms with Crippen LogP contribution in [0.3, 0.4) is 0 Å². The molecule has 0 radical (unpaired) electrons. The number of hydrogen-bond donors (Lipinski definition) is 2. The van der Waals surface area contributed by atoms with Crippen LogP contribution in [0.4, 0.5) is 5.69 Å². The van der Waals surface area contributed by atoms with Crippen molar-refractivity contribution < 1.29 is 14.3 Å². The first kappa shape index (κ1) is 15.5. The van der Waals surface area contributed by atoms with E-state index in [1.54, 1.807) is 30.5 Å². The maximum absolute atomic E-state index is 11.8. The largest absolute Gasteiger partial charge is 0.480 e. The van der Waals surface area contributed by atoms with Crippen molar-refractivity contribution in [2.45, 2.75) is 0 Å². The van der Waals surface area contributed by atoms with Crippen LogP contribution in [0.1, 0.15) is 9.67 Å². The topological polar surface area (TPSA) is 80.3 Å². The number of aromatic nitrogens is 1. The molecule has 2 aromatic heterocycles. The Balaban J connectivity index is 1.89. The van der Waals surface area contributed by atoms with Crippen LogP contribution in [0.5, 0.6) is 5.88 Å². The minimum Gasteiger partial charge on any atom is -0.480 e. The third kappa shape index (κ3) is 4.27. The summed E-state index contributed by atoms with van der Waals surface area (Å²) in [4.78, 5) is 28.1. The molecular formula is C13H12BrN3O3S. The molecule has 2 aromatic rings. The van der Waals surface area contributed by atoms with Gasteiger partial charge in [-0.2, -0.15) is 0 Å². The number of nitrogens with zero attached hydrogens (tertiary/aromatic N) is 1. The average Bonchev–Trinajstić information content (AvgIpc) is 2.92. The van der Waals surface area contributed by atoms with Gasteiger partial charge in [-0.3, -0.25) is 9.59 Å².